The SMILES string of the molecule is Cc1ccc(C(=O)N(C)CC2CCCN2)cn1. The Morgan fingerprint density at radius 2 is 2.41 bits per heavy atom. The van der Waals surface area contributed by atoms with Gasteiger partial charge in [-0.15, -0.1) is 0 Å². The monoisotopic (exact) mass is 233 g/mol. The number of pyridine rings is 1. The fourth-order valence-corrected chi connectivity index (χ4v) is 2.14. The van der Waals surface area contributed by atoms with Gasteiger partial charge in [0.1, 0.15) is 0 Å². The first-order chi connectivity index (χ1) is 8.16. The van der Waals surface area contributed by atoms with Gasteiger partial charge in [0.25, 0.3) is 5.91 Å². The first-order valence-corrected chi connectivity index (χ1v) is 6.08. The summed E-state index contributed by atoms with van der Waals surface area (Å²) in [4.78, 5) is 18.0. The van der Waals surface area contributed by atoms with Crippen LogP contribution in [-0.2, 0) is 0 Å². The van der Waals surface area contributed by atoms with E-state index >= 15 is 0 Å². The van der Waals surface area contributed by atoms with Crippen molar-refractivity contribution in [3.8, 4) is 0 Å². The molecule has 2 heterocycles. The van der Waals surface area contributed by atoms with E-state index in [9.17, 15) is 4.79 Å². The molecule has 1 aromatic rings. The minimum atomic E-state index is 0.0474. The van der Waals surface area contributed by atoms with Crippen molar-refractivity contribution in [2.24, 2.45) is 0 Å². The normalized spacial score (nSPS) is 19.3. The summed E-state index contributed by atoms with van der Waals surface area (Å²) in [6.45, 7) is 3.76. The Morgan fingerprint density at radius 1 is 1.59 bits per heavy atom. The number of amides is 1. The van der Waals surface area contributed by atoms with Crippen molar-refractivity contribution in [1.29, 1.82) is 0 Å². The van der Waals surface area contributed by atoms with E-state index in [-0.39, 0.29) is 5.91 Å². The number of rotatable bonds is 3. The minimum absolute atomic E-state index is 0.0474. The molecule has 1 amide bonds. The quantitative estimate of drug-likeness (QED) is 0.853. The van der Waals surface area contributed by atoms with Crippen LogP contribution in [0, 0.1) is 6.92 Å². The summed E-state index contributed by atoms with van der Waals surface area (Å²) < 4.78 is 0. The van der Waals surface area contributed by atoms with Gasteiger partial charge in [0, 0.05) is 31.5 Å². The third kappa shape index (κ3) is 3.03. The summed E-state index contributed by atoms with van der Waals surface area (Å²) in [6.07, 6.45) is 4.01. The van der Waals surface area contributed by atoms with Gasteiger partial charge in [-0.05, 0) is 38.4 Å². The molecule has 0 radical (unpaired) electrons. The van der Waals surface area contributed by atoms with Crippen molar-refractivity contribution in [3.05, 3.63) is 29.6 Å². The molecule has 0 aromatic carbocycles. The van der Waals surface area contributed by atoms with Crippen LogP contribution in [0.25, 0.3) is 0 Å². The second kappa shape index (κ2) is 5.27. The van der Waals surface area contributed by atoms with Gasteiger partial charge in [-0.1, -0.05) is 0 Å². The molecule has 1 aromatic heterocycles. The Bertz CT molecular complexity index is 382. The van der Waals surface area contributed by atoms with E-state index in [0.29, 0.717) is 11.6 Å². The lowest BCUT2D eigenvalue weighted by Crippen LogP contribution is -2.38. The number of nitrogens with zero attached hydrogens (tertiary/aromatic N) is 2. The van der Waals surface area contributed by atoms with Crippen LogP contribution in [0.3, 0.4) is 0 Å². The predicted molar refractivity (Wildman–Crippen MR) is 67.0 cm³/mol. The van der Waals surface area contributed by atoms with E-state index in [0.717, 1.165) is 25.2 Å². The molecule has 4 nitrogen and oxygen atoms in total. The van der Waals surface area contributed by atoms with Crippen LogP contribution in [-0.4, -0.2) is 42.0 Å². The Morgan fingerprint density at radius 3 is 3.00 bits per heavy atom. The average Bonchev–Trinajstić information content (AvgIpc) is 2.82. The molecular weight excluding hydrogens is 214 g/mol. The molecule has 1 atom stereocenters. The first kappa shape index (κ1) is 12.0. The van der Waals surface area contributed by atoms with E-state index in [1.54, 1.807) is 11.1 Å². The molecule has 1 fully saturated rings. The highest BCUT2D eigenvalue weighted by molar-refractivity contribution is 5.93. The van der Waals surface area contributed by atoms with Gasteiger partial charge in [-0.25, -0.2) is 0 Å². The van der Waals surface area contributed by atoms with E-state index in [1.807, 2.05) is 26.1 Å². The lowest BCUT2D eigenvalue weighted by Gasteiger charge is -2.21. The van der Waals surface area contributed by atoms with Crippen LogP contribution in [0.2, 0.25) is 0 Å². The molecule has 1 N–H and O–H groups in total. The Kier molecular flexibility index (Phi) is 3.74. The van der Waals surface area contributed by atoms with Gasteiger partial charge in [-0.2, -0.15) is 0 Å². The number of aromatic nitrogens is 1. The zero-order chi connectivity index (χ0) is 12.3. The maximum Gasteiger partial charge on any atom is 0.255 e. The number of nitrogens with one attached hydrogen (secondary N) is 1. The fourth-order valence-electron chi connectivity index (χ4n) is 2.14. The van der Waals surface area contributed by atoms with E-state index < -0.39 is 0 Å². The molecular formula is C13H19N3O. The second-order valence-electron chi connectivity index (χ2n) is 4.67. The predicted octanol–water partition coefficient (Wildman–Crippen LogP) is 1.21. The number of carbonyl (C=O) groups is 1. The third-order valence-corrected chi connectivity index (χ3v) is 3.16. The van der Waals surface area contributed by atoms with Gasteiger partial charge < -0.3 is 10.2 Å². The molecule has 4 heteroatoms. The average molecular weight is 233 g/mol. The maximum atomic E-state index is 12.1. The Labute approximate surface area is 102 Å². The molecule has 0 bridgehead atoms. The number of carbonyl (C=O) groups excluding carboxylic acids is 1. The van der Waals surface area contributed by atoms with Crippen LogP contribution in [0.4, 0.5) is 0 Å². The zero-order valence-corrected chi connectivity index (χ0v) is 10.4. The summed E-state index contributed by atoms with van der Waals surface area (Å²) in [5, 5.41) is 3.39. The maximum absolute atomic E-state index is 12.1. The number of aryl methyl sites for hydroxylation is 1. The van der Waals surface area contributed by atoms with Gasteiger partial charge >= 0.3 is 0 Å². The molecule has 0 saturated carbocycles. The summed E-state index contributed by atoms with van der Waals surface area (Å²) in [6, 6.07) is 4.15. The molecule has 92 valence electrons. The highest BCUT2D eigenvalue weighted by atomic mass is 16.2. The largest absolute Gasteiger partial charge is 0.340 e. The second-order valence-corrected chi connectivity index (χ2v) is 4.67. The van der Waals surface area contributed by atoms with E-state index in [4.69, 9.17) is 0 Å². The fraction of sp³-hybridized carbons (Fsp3) is 0.538. The molecule has 1 aliphatic rings. The smallest absolute Gasteiger partial charge is 0.255 e. The van der Waals surface area contributed by atoms with Crippen molar-refractivity contribution in [3.63, 3.8) is 0 Å². The summed E-state index contributed by atoms with van der Waals surface area (Å²) in [5.41, 5.74) is 1.60. The first-order valence-electron chi connectivity index (χ1n) is 6.08. The molecule has 1 unspecified atom stereocenters. The summed E-state index contributed by atoms with van der Waals surface area (Å²) in [5.74, 6) is 0.0474. The number of hydrogen-bond donors (Lipinski definition) is 1. The summed E-state index contributed by atoms with van der Waals surface area (Å²) in [7, 11) is 1.85. The van der Waals surface area contributed by atoms with Crippen molar-refractivity contribution in [1.82, 2.24) is 15.2 Å². The molecule has 2 rings (SSSR count). The van der Waals surface area contributed by atoms with E-state index in [1.165, 1.54) is 6.42 Å². The molecule has 17 heavy (non-hydrogen) atoms. The number of hydrogen-bond acceptors (Lipinski definition) is 3. The van der Waals surface area contributed by atoms with E-state index in [2.05, 4.69) is 10.3 Å². The highest BCUT2D eigenvalue weighted by Crippen LogP contribution is 2.09. The summed E-state index contributed by atoms with van der Waals surface area (Å²) >= 11 is 0. The third-order valence-electron chi connectivity index (χ3n) is 3.16. The molecule has 0 spiro atoms. The van der Waals surface area contributed by atoms with Crippen molar-refractivity contribution < 1.29 is 4.79 Å². The van der Waals surface area contributed by atoms with Crippen molar-refractivity contribution in [2.45, 2.75) is 25.8 Å². The molecule has 1 saturated heterocycles. The lowest BCUT2D eigenvalue weighted by molar-refractivity contribution is 0.0783. The highest BCUT2D eigenvalue weighted by Gasteiger charge is 2.19. The molecule has 1 aliphatic heterocycles. The Hall–Kier alpha value is -1.42. The lowest BCUT2D eigenvalue weighted by atomic mass is 10.2. The molecule has 0 aliphatic carbocycles. The minimum Gasteiger partial charge on any atom is -0.340 e. The van der Waals surface area contributed by atoms with Crippen LogP contribution in [0.5, 0.6) is 0 Å². The van der Waals surface area contributed by atoms with Crippen LogP contribution in [0.15, 0.2) is 18.3 Å². The van der Waals surface area contributed by atoms with Gasteiger partial charge in [-0.3, -0.25) is 9.78 Å². The van der Waals surface area contributed by atoms with Crippen molar-refractivity contribution >= 4 is 5.91 Å². The van der Waals surface area contributed by atoms with Crippen LogP contribution in [0.1, 0.15) is 28.9 Å². The number of likely N-dealkylation sites (N-methyl/N-ethyl adjacent to an activating group) is 1. The van der Waals surface area contributed by atoms with Crippen LogP contribution >= 0.6 is 0 Å². The van der Waals surface area contributed by atoms with Gasteiger partial charge in [0.2, 0.25) is 0 Å². The van der Waals surface area contributed by atoms with Gasteiger partial charge in [0.05, 0.1) is 5.56 Å². The standard InChI is InChI=1S/C13H19N3O/c1-10-5-6-11(8-15-10)13(17)16(2)9-12-4-3-7-14-12/h5-6,8,12,14H,3-4,7,9H2,1-2H3. The zero-order valence-electron chi connectivity index (χ0n) is 10.4. The van der Waals surface area contributed by atoms with Gasteiger partial charge in [0.15, 0.2) is 0 Å². The Balaban J connectivity index is 1.96. The van der Waals surface area contributed by atoms with Crippen molar-refractivity contribution in [2.75, 3.05) is 20.1 Å². The van der Waals surface area contributed by atoms with Crippen LogP contribution < -0.4 is 5.32 Å². The topological polar surface area (TPSA) is 45.2 Å².